The van der Waals surface area contributed by atoms with Gasteiger partial charge in [0.2, 0.25) is 0 Å². The predicted molar refractivity (Wildman–Crippen MR) is 86.2 cm³/mol. The lowest BCUT2D eigenvalue weighted by Gasteiger charge is -2.09. The molecule has 2 aromatic rings. The molecule has 5 nitrogen and oxygen atoms in total. The molecule has 0 saturated heterocycles. The molecule has 0 bridgehead atoms. The van der Waals surface area contributed by atoms with E-state index >= 15 is 0 Å². The first-order valence-corrected chi connectivity index (χ1v) is 7.99. The van der Waals surface area contributed by atoms with Crippen LogP contribution in [0.5, 0.6) is 5.75 Å². The highest BCUT2D eigenvalue weighted by atomic mass is 32.1. The summed E-state index contributed by atoms with van der Waals surface area (Å²) in [7, 11) is 0. The number of carboxylic acid groups (broad SMARTS) is 1. The Labute approximate surface area is 132 Å². The van der Waals surface area contributed by atoms with E-state index in [1.165, 1.54) is 5.56 Å². The van der Waals surface area contributed by atoms with Gasteiger partial charge in [0.25, 0.3) is 0 Å². The van der Waals surface area contributed by atoms with Crippen molar-refractivity contribution in [2.75, 3.05) is 6.61 Å². The minimum Gasteiger partial charge on any atom is -0.494 e. The SMILES string of the molecule is CCc1c(C(=O)O)sc(=O)n1CCCOc1ccc(C)cc1. The molecule has 1 aromatic carbocycles. The van der Waals surface area contributed by atoms with Crippen molar-refractivity contribution in [3.8, 4) is 5.75 Å². The highest BCUT2D eigenvalue weighted by Crippen LogP contribution is 2.15. The molecule has 0 fully saturated rings. The van der Waals surface area contributed by atoms with Crippen LogP contribution < -0.4 is 9.61 Å². The summed E-state index contributed by atoms with van der Waals surface area (Å²) in [6.45, 7) is 4.82. The third-order valence-corrected chi connectivity index (χ3v) is 4.35. The zero-order valence-electron chi connectivity index (χ0n) is 12.7. The summed E-state index contributed by atoms with van der Waals surface area (Å²) < 4.78 is 7.17. The van der Waals surface area contributed by atoms with Crippen molar-refractivity contribution in [1.29, 1.82) is 0 Å². The van der Waals surface area contributed by atoms with E-state index in [1.54, 1.807) is 4.57 Å². The molecule has 0 amide bonds. The van der Waals surface area contributed by atoms with E-state index in [0.29, 0.717) is 31.7 Å². The summed E-state index contributed by atoms with van der Waals surface area (Å²) in [6.07, 6.45) is 1.18. The number of carboxylic acids is 1. The highest BCUT2D eigenvalue weighted by molar-refractivity contribution is 7.11. The molecule has 0 aliphatic carbocycles. The lowest BCUT2D eigenvalue weighted by Crippen LogP contribution is -2.18. The maximum Gasteiger partial charge on any atom is 0.347 e. The third-order valence-electron chi connectivity index (χ3n) is 3.34. The van der Waals surface area contributed by atoms with Gasteiger partial charge in [-0.1, -0.05) is 36.0 Å². The summed E-state index contributed by atoms with van der Waals surface area (Å²) >= 11 is 0.797. The van der Waals surface area contributed by atoms with Gasteiger partial charge < -0.3 is 14.4 Å². The summed E-state index contributed by atoms with van der Waals surface area (Å²) in [4.78, 5) is 23.0. The van der Waals surface area contributed by atoms with Crippen molar-refractivity contribution < 1.29 is 14.6 Å². The van der Waals surface area contributed by atoms with Gasteiger partial charge in [0.05, 0.1) is 6.61 Å². The van der Waals surface area contributed by atoms with Crippen LogP contribution in [0.3, 0.4) is 0 Å². The van der Waals surface area contributed by atoms with Gasteiger partial charge in [0.15, 0.2) is 0 Å². The fourth-order valence-corrected chi connectivity index (χ4v) is 3.17. The van der Waals surface area contributed by atoms with Gasteiger partial charge in [-0.05, 0) is 31.9 Å². The maximum atomic E-state index is 11.9. The Bertz CT molecular complexity index is 700. The molecule has 2 rings (SSSR count). The van der Waals surface area contributed by atoms with Crippen LogP contribution in [0, 0.1) is 6.92 Å². The molecule has 0 radical (unpaired) electrons. The summed E-state index contributed by atoms with van der Waals surface area (Å²) in [6, 6.07) is 7.78. The second-order valence-corrected chi connectivity index (χ2v) is 5.93. The Kier molecular flexibility index (Phi) is 5.38. The van der Waals surface area contributed by atoms with Crippen LogP contribution in [-0.2, 0) is 13.0 Å². The molecule has 22 heavy (non-hydrogen) atoms. The van der Waals surface area contributed by atoms with Gasteiger partial charge in [-0.25, -0.2) is 4.79 Å². The Morgan fingerprint density at radius 1 is 1.32 bits per heavy atom. The van der Waals surface area contributed by atoms with Crippen molar-refractivity contribution in [1.82, 2.24) is 4.57 Å². The van der Waals surface area contributed by atoms with E-state index < -0.39 is 5.97 Å². The quantitative estimate of drug-likeness (QED) is 0.796. The lowest BCUT2D eigenvalue weighted by atomic mass is 10.2. The van der Waals surface area contributed by atoms with Gasteiger partial charge in [0.1, 0.15) is 10.6 Å². The van der Waals surface area contributed by atoms with Gasteiger partial charge in [0, 0.05) is 12.2 Å². The second-order valence-electron chi connectivity index (χ2n) is 4.97. The smallest absolute Gasteiger partial charge is 0.347 e. The standard InChI is InChI=1S/C16H19NO4S/c1-3-13-14(15(18)19)22-16(20)17(13)9-4-10-21-12-7-5-11(2)6-8-12/h5-8H,3-4,9-10H2,1-2H3,(H,18,19). The molecular weight excluding hydrogens is 302 g/mol. The number of benzene rings is 1. The number of thiazole rings is 1. The van der Waals surface area contributed by atoms with Crippen molar-refractivity contribution in [2.24, 2.45) is 0 Å². The molecule has 0 aliphatic rings. The molecule has 0 unspecified atom stereocenters. The van der Waals surface area contributed by atoms with Gasteiger partial charge >= 0.3 is 10.8 Å². The molecule has 1 N–H and O–H groups in total. The zero-order valence-corrected chi connectivity index (χ0v) is 13.5. The van der Waals surface area contributed by atoms with Gasteiger partial charge in [-0.2, -0.15) is 0 Å². The monoisotopic (exact) mass is 321 g/mol. The largest absolute Gasteiger partial charge is 0.494 e. The Morgan fingerprint density at radius 2 is 2.00 bits per heavy atom. The number of hydrogen-bond acceptors (Lipinski definition) is 4. The average Bonchev–Trinajstić information content (AvgIpc) is 2.82. The normalized spacial score (nSPS) is 10.6. The molecule has 0 spiro atoms. The van der Waals surface area contributed by atoms with Crippen LogP contribution in [-0.4, -0.2) is 22.2 Å². The van der Waals surface area contributed by atoms with E-state index in [9.17, 15) is 9.59 Å². The Hall–Kier alpha value is -2.08. The van der Waals surface area contributed by atoms with Crippen LogP contribution in [0.2, 0.25) is 0 Å². The predicted octanol–water partition coefficient (Wildman–Crippen LogP) is 2.95. The van der Waals surface area contributed by atoms with Crippen molar-refractivity contribution in [3.63, 3.8) is 0 Å². The Balaban J connectivity index is 1.96. The van der Waals surface area contributed by atoms with E-state index in [4.69, 9.17) is 9.84 Å². The number of aromatic nitrogens is 1. The molecule has 118 valence electrons. The van der Waals surface area contributed by atoms with Gasteiger partial charge in [-0.3, -0.25) is 4.79 Å². The first kappa shape index (κ1) is 16.3. The van der Waals surface area contributed by atoms with Crippen LogP contribution in [0.15, 0.2) is 29.1 Å². The first-order valence-electron chi connectivity index (χ1n) is 7.18. The molecule has 0 atom stereocenters. The van der Waals surface area contributed by atoms with Gasteiger partial charge in [-0.15, -0.1) is 0 Å². The molecule has 0 aliphatic heterocycles. The third kappa shape index (κ3) is 3.76. The highest BCUT2D eigenvalue weighted by Gasteiger charge is 2.18. The second kappa shape index (κ2) is 7.26. The van der Waals surface area contributed by atoms with Crippen LogP contribution in [0.1, 0.15) is 34.3 Å². The number of ether oxygens (including phenoxy) is 1. The average molecular weight is 321 g/mol. The fourth-order valence-electron chi connectivity index (χ4n) is 2.23. The van der Waals surface area contributed by atoms with E-state index in [1.807, 2.05) is 38.1 Å². The number of rotatable bonds is 7. The molecular formula is C16H19NO4S. The number of nitrogens with zero attached hydrogens (tertiary/aromatic N) is 1. The van der Waals surface area contributed by atoms with Crippen LogP contribution >= 0.6 is 11.3 Å². The summed E-state index contributed by atoms with van der Waals surface area (Å²) in [5, 5.41) is 9.11. The molecule has 1 heterocycles. The summed E-state index contributed by atoms with van der Waals surface area (Å²) in [5.74, 6) is -0.237. The molecule has 0 saturated carbocycles. The topological polar surface area (TPSA) is 68.5 Å². The minimum atomic E-state index is -1.03. The van der Waals surface area contributed by atoms with E-state index in [2.05, 4.69) is 0 Å². The Morgan fingerprint density at radius 3 is 2.59 bits per heavy atom. The number of aryl methyl sites for hydroxylation is 1. The first-order chi connectivity index (χ1) is 10.5. The van der Waals surface area contributed by atoms with Crippen LogP contribution in [0.4, 0.5) is 0 Å². The van der Waals surface area contributed by atoms with Crippen molar-refractivity contribution >= 4 is 17.3 Å². The molecule has 6 heteroatoms. The number of carbonyl (C=O) groups is 1. The zero-order chi connectivity index (χ0) is 16.1. The van der Waals surface area contributed by atoms with Crippen molar-refractivity contribution in [3.05, 3.63) is 50.1 Å². The summed E-state index contributed by atoms with van der Waals surface area (Å²) in [5.41, 5.74) is 1.77. The minimum absolute atomic E-state index is 0.145. The maximum absolute atomic E-state index is 11.9. The molecule has 1 aromatic heterocycles. The van der Waals surface area contributed by atoms with Crippen molar-refractivity contribution in [2.45, 2.75) is 33.2 Å². The number of hydrogen-bond donors (Lipinski definition) is 1. The van der Waals surface area contributed by atoms with Crippen LogP contribution in [0.25, 0.3) is 0 Å². The lowest BCUT2D eigenvalue weighted by molar-refractivity contribution is 0.0700. The van der Waals surface area contributed by atoms with E-state index in [0.717, 1.165) is 17.1 Å². The van der Waals surface area contributed by atoms with E-state index in [-0.39, 0.29) is 9.75 Å². The number of aromatic carboxylic acids is 1. The fraction of sp³-hybridized carbons (Fsp3) is 0.375.